The predicted molar refractivity (Wildman–Crippen MR) is 87.7 cm³/mol. The van der Waals surface area contributed by atoms with E-state index < -0.39 is 0 Å². The van der Waals surface area contributed by atoms with Gasteiger partial charge in [-0.25, -0.2) is 0 Å². The maximum atomic E-state index is 12.1. The van der Waals surface area contributed by atoms with Gasteiger partial charge in [-0.05, 0) is 42.5 Å². The number of halogens is 2. The first-order valence-electron chi connectivity index (χ1n) is 6.33. The summed E-state index contributed by atoms with van der Waals surface area (Å²) in [6, 6.07) is 12.8. The lowest BCUT2D eigenvalue weighted by atomic mass is 10.1. The molecule has 3 rings (SSSR count). The minimum atomic E-state index is -0.0972. The normalized spacial score (nSPS) is 10.8. The van der Waals surface area contributed by atoms with Gasteiger partial charge < -0.3 is 9.73 Å². The largest absolute Gasteiger partial charge is 0.464 e. The summed E-state index contributed by atoms with van der Waals surface area (Å²) in [7, 11) is 0. The van der Waals surface area contributed by atoms with Gasteiger partial charge in [0.05, 0.1) is 12.7 Å². The number of furan rings is 1. The van der Waals surface area contributed by atoms with Crippen molar-refractivity contribution < 1.29 is 9.21 Å². The first-order valence-corrected chi connectivity index (χ1v) is 7.50. The van der Waals surface area contributed by atoms with Gasteiger partial charge >= 0.3 is 0 Å². The molecule has 0 atom stereocenters. The molecular weight excluding hydrogens is 354 g/mol. The van der Waals surface area contributed by atoms with E-state index in [2.05, 4.69) is 21.2 Å². The minimum Gasteiger partial charge on any atom is -0.464 e. The van der Waals surface area contributed by atoms with Crippen LogP contribution in [0.4, 0.5) is 5.69 Å². The van der Waals surface area contributed by atoms with Crippen LogP contribution < -0.4 is 5.32 Å². The number of fused-ring (bicyclic) bond motifs is 1. The van der Waals surface area contributed by atoms with Crippen LogP contribution in [-0.4, -0.2) is 5.91 Å². The van der Waals surface area contributed by atoms with E-state index in [1.807, 2.05) is 30.3 Å². The van der Waals surface area contributed by atoms with Crippen LogP contribution >= 0.6 is 27.5 Å². The molecule has 21 heavy (non-hydrogen) atoms. The molecule has 3 nitrogen and oxygen atoms in total. The monoisotopic (exact) mass is 363 g/mol. The number of benzene rings is 2. The van der Waals surface area contributed by atoms with Gasteiger partial charge in [0.2, 0.25) is 5.91 Å². The maximum absolute atomic E-state index is 12.1. The molecule has 1 N–H and O–H groups in total. The molecule has 0 aliphatic heterocycles. The van der Waals surface area contributed by atoms with Crippen molar-refractivity contribution in [2.45, 2.75) is 6.42 Å². The summed E-state index contributed by atoms with van der Waals surface area (Å²) in [6.45, 7) is 0. The molecule has 0 aliphatic carbocycles. The molecule has 1 amide bonds. The minimum absolute atomic E-state index is 0.0972. The highest BCUT2D eigenvalue weighted by Gasteiger charge is 2.11. The topological polar surface area (TPSA) is 42.2 Å². The zero-order chi connectivity index (χ0) is 14.8. The van der Waals surface area contributed by atoms with E-state index >= 15 is 0 Å². The van der Waals surface area contributed by atoms with Crippen LogP contribution in [0.3, 0.4) is 0 Å². The van der Waals surface area contributed by atoms with Crippen molar-refractivity contribution in [2.24, 2.45) is 0 Å². The van der Waals surface area contributed by atoms with E-state index in [0.717, 1.165) is 26.7 Å². The highest BCUT2D eigenvalue weighted by molar-refractivity contribution is 9.10. The molecule has 106 valence electrons. The summed E-state index contributed by atoms with van der Waals surface area (Å²) in [5, 5.41) is 4.34. The van der Waals surface area contributed by atoms with Gasteiger partial charge in [-0.15, -0.1) is 0 Å². The fourth-order valence-electron chi connectivity index (χ4n) is 2.10. The van der Waals surface area contributed by atoms with Crippen LogP contribution in [0.15, 0.2) is 57.6 Å². The Kier molecular flexibility index (Phi) is 3.99. The second-order valence-corrected chi connectivity index (χ2v) is 5.99. The third-order valence-corrected chi connectivity index (χ3v) is 3.86. The molecule has 1 heterocycles. The molecule has 0 fully saturated rings. The molecule has 0 saturated carbocycles. The van der Waals surface area contributed by atoms with E-state index in [0.29, 0.717) is 5.02 Å². The smallest absolute Gasteiger partial charge is 0.228 e. The van der Waals surface area contributed by atoms with Crippen molar-refractivity contribution in [1.82, 2.24) is 0 Å². The Bertz CT molecular complexity index is 796. The highest BCUT2D eigenvalue weighted by Crippen LogP contribution is 2.25. The van der Waals surface area contributed by atoms with Gasteiger partial charge in [-0.3, -0.25) is 4.79 Å². The Hall–Kier alpha value is -1.78. The van der Waals surface area contributed by atoms with Gasteiger partial charge in [-0.1, -0.05) is 27.5 Å². The Balaban J connectivity index is 1.77. The SMILES string of the molecule is O=C(Cc1coc2ccc(Cl)cc12)Nc1ccc(Br)cc1. The van der Waals surface area contributed by atoms with Crippen LogP contribution in [0, 0.1) is 0 Å². The molecule has 0 aliphatic rings. The van der Waals surface area contributed by atoms with Gasteiger partial charge in [0.15, 0.2) is 0 Å². The van der Waals surface area contributed by atoms with Crippen molar-refractivity contribution in [3.05, 3.63) is 63.8 Å². The number of rotatable bonds is 3. The third-order valence-electron chi connectivity index (χ3n) is 3.09. The molecule has 0 spiro atoms. The summed E-state index contributed by atoms with van der Waals surface area (Å²) in [4.78, 5) is 12.1. The summed E-state index contributed by atoms with van der Waals surface area (Å²) >= 11 is 9.34. The Morgan fingerprint density at radius 2 is 1.95 bits per heavy atom. The van der Waals surface area contributed by atoms with E-state index in [1.54, 1.807) is 18.4 Å². The lowest BCUT2D eigenvalue weighted by Crippen LogP contribution is -2.14. The van der Waals surface area contributed by atoms with Crippen molar-refractivity contribution in [3.63, 3.8) is 0 Å². The second-order valence-electron chi connectivity index (χ2n) is 4.63. The van der Waals surface area contributed by atoms with Crippen molar-refractivity contribution >= 4 is 50.1 Å². The van der Waals surface area contributed by atoms with Crippen molar-refractivity contribution in [2.75, 3.05) is 5.32 Å². The van der Waals surface area contributed by atoms with Gasteiger partial charge in [-0.2, -0.15) is 0 Å². The van der Waals surface area contributed by atoms with Gasteiger partial charge in [0, 0.05) is 26.1 Å². The van der Waals surface area contributed by atoms with Gasteiger partial charge in [0.25, 0.3) is 0 Å². The van der Waals surface area contributed by atoms with E-state index in [1.165, 1.54) is 0 Å². The standard InChI is InChI=1S/C16H11BrClNO2/c17-11-1-4-13(5-2-11)19-16(20)7-10-9-21-15-6-3-12(18)8-14(10)15/h1-6,8-9H,7H2,(H,19,20). The lowest BCUT2D eigenvalue weighted by Gasteiger charge is -2.04. The second kappa shape index (κ2) is 5.92. The molecule has 0 saturated heterocycles. The maximum Gasteiger partial charge on any atom is 0.228 e. The van der Waals surface area contributed by atoms with Crippen LogP contribution in [0.1, 0.15) is 5.56 Å². The summed E-state index contributed by atoms with van der Waals surface area (Å²) in [5.41, 5.74) is 2.31. The van der Waals surface area contributed by atoms with Crippen LogP contribution in [-0.2, 0) is 11.2 Å². The summed E-state index contributed by atoms with van der Waals surface area (Å²) in [5.74, 6) is -0.0972. The molecule has 0 radical (unpaired) electrons. The number of hydrogen-bond acceptors (Lipinski definition) is 2. The Labute approximate surface area is 135 Å². The van der Waals surface area contributed by atoms with Crippen molar-refractivity contribution in [1.29, 1.82) is 0 Å². The molecular formula is C16H11BrClNO2. The zero-order valence-corrected chi connectivity index (χ0v) is 13.2. The van der Waals surface area contributed by atoms with E-state index in [9.17, 15) is 4.79 Å². The number of carbonyl (C=O) groups is 1. The lowest BCUT2D eigenvalue weighted by molar-refractivity contribution is -0.115. The fraction of sp³-hybridized carbons (Fsp3) is 0.0625. The summed E-state index contributed by atoms with van der Waals surface area (Å²) in [6.07, 6.45) is 1.84. The first kappa shape index (κ1) is 14.2. The Morgan fingerprint density at radius 1 is 1.19 bits per heavy atom. The number of anilines is 1. The average Bonchev–Trinajstić information content (AvgIpc) is 2.84. The molecule has 2 aromatic carbocycles. The Morgan fingerprint density at radius 3 is 2.71 bits per heavy atom. The molecule has 3 aromatic rings. The number of amides is 1. The van der Waals surface area contributed by atoms with E-state index in [4.69, 9.17) is 16.0 Å². The third kappa shape index (κ3) is 3.28. The van der Waals surface area contributed by atoms with Crippen LogP contribution in [0.25, 0.3) is 11.0 Å². The quantitative estimate of drug-likeness (QED) is 0.708. The zero-order valence-electron chi connectivity index (χ0n) is 10.9. The average molecular weight is 365 g/mol. The summed E-state index contributed by atoms with van der Waals surface area (Å²) < 4.78 is 6.39. The van der Waals surface area contributed by atoms with Crippen LogP contribution in [0.2, 0.25) is 5.02 Å². The van der Waals surface area contributed by atoms with Crippen LogP contribution in [0.5, 0.6) is 0 Å². The predicted octanol–water partition coefficient (Wildman–Crippen LogP) is 5.03. The molecule has 1 aromatic heterocycles. The molecule has 5 heteroatoms. The highest BCUT2D eigenvalue weighted by atomic mass is 79.9. The number of nitrogens with one attached hydrogen (secondary N) is 1. The number of carbonyl (C=O) groups excluding carboxylic acids is 1. The fourth-order valence-corrected chi connectivity index (χ4v) is 2.54. The van der Waals surface area contributed by atoms with Gasteiger partial charge in [0.1, 0.15) is 5.58 Å². The van der Waals surface area contributed by atoms with Crippen molar-refractivity contribution in [3.8, 4) is 0 Å². The first-order chi connectivity index (χ1) is 10.1. The molecule has 0 unspecified atom stereocenters. The molecule has 0 bridgehead atoms. The van der Waals surface area contributed by atoms with E-state index in [-0.39, 0.29) is 12.3 Å². The number of hydrogen-bond donors (Lipinski definition) is 1.